The van der Waals surface area contributed by atoms with Crippen LogP contribution in [0.4, 0.5) is 8.78 Å². The molecule has 1 heterocycles. The third-order valence-corrected chi connectivity index (χ3v) is 3.39. The Morgan fingerprint density at radius 2 is 2.10 bits per heavy atom. The molecule has 2 rings (SSSR count). The Bertz CT molecular complexity index is 676. The molecule has 109 valence electrons. The van der Waals surface area contributed by atoms with Gasteiger partial charge in [0.05, 0.1) is 13.7 Å². The average molecular weight is 432 g/mol. The van der Waals surface area contributed by atoms with Gasteiger partial charge in [-0.05, 0) is 16.6 Å². The van der Waals surface area contributed by atoms with E-state index in [4.69, 9.17) is 4.74 Å². The molecule has 0 aliphatic carbocycles. The van der Waals surface area contributed by atoms with E-state index in [1.807, 2.05) is 0 Å². The second-order valence-corrected chi connectivity index (χ2v) is 4.87. The number of aromatic nitrogens is 1. The van der Waals surface area contributed by atoms with Crippen molar-refractivity contribution in [2.75, 3.05) is 7.11 Å². The fourth-order valence-electron chi connectivity index (χ4n) is 1.83. The van der Waals surface area contributed by atoms with Crippen molar-refractivity contribution in [1.82, 2.24) is 4.57 Å². The first-order chi connectivity index (χ1) is 9.52. The molecule has 0 bridgehead atoms. The van der Waals surface area contributed by atoms with Crippen LogP contribution in [0.15, 0.2) is 39.6 Å². The van der Waals surface area contributed by atoms with Gasteiger partial charge < -0.3 is 9.30 Å². The van der Waals surface area contributed by atoms with Gasteiger partial charge in [-0.1, -0.05) is 33.3 Å². The topological polar surface area (TPSA) is 31.2 Å². The maximum absolute atomic E-state index is 12.6. The van der Waals surface area contributed by atoms with Crippen LogP contribution in [0.25, 0.3) is 11.3 Å². The predicted molar refractivity (Wildman–Crippen MR) is 75.2 cm³/mol. The Morgan fingerprint density at radius 3 is 2.67 bits per heavy atom. The zero-order chi connectivity index (χ0) is 14.7. The summed E-state index contributed by atoms with van der Waals surface area (Å²) < 4.78 is 31.9. The molecule has 0 N–H and O–H groups in total. The van der Waals surface area contributed by atoms with Crippen LogP contribution in [0.3, 0.4) is 0 Å². The Morgan fingerprint density at radius 1 is 1.38 bits per heavy atom. The molecular weight excluding hydrogens is 421 g/mol. The molecule has 3 nitrogen and oxygen atoms in total. The Labute approximate surface area is 154 Å². The molecule has 0 unspecified atom stereocenters. The van der Waals surface area contributed by atoms with E-state index < -0.39 is 18.5 Å². The van der Waals surface area contributed by atoms with E-state index in [1.54, 1.807) is 18.2 Å². The molecule has 0 amide bonds. The summed E-state index contributed by atoms with van der Waals surface area (Å²) in [5, 5.41) is 0. The molecule has 0 atom stereocenters. The number of alkyl halides is 2. The zero-order valence-electron chi connectivity index (χ0n) is 11.1. The number of halogens is 3. The van der Waals surface area contributed by atoms with Crippen molar-refractivity contribution in [1.29, 1.82) is 0 Å². The van der Waals surface area contributed by atoms with Gasteiger partial charge in [-0.25, -0.2) is 8.78 Å². The van der Waals surface area contributed by atoms with Gasteiger partial charge >= 0.3 is 0 Å². The standard InChI is InChI=1S/C14H11BrF2NO2.Y/c1-20-9-5-6-10(11(15)7-9)12-3-2-4-14(19)18(12)8-13(16)17;/h2,4-7,13H,8H2,1H3;/q-1;. The fourth-order valence-corrected chi connectivity index (χ4v) is 2.37. The maximum atomic E-state index is 12.6. The molecule has 1 aromatic heterocycles. The number of hydrogen-bond donors (Lipinski definition) is 0. The third-order valence-electron chi connectivity index (χ3n) is 2.73. The molecule has 0 fully saturated rings. The first kappa shape index (κ1) is 18.5. The van der Waals surface area contributed by atoms with E-state index in [0.717, 1.165) is 4.57 Å². The predicted octanol–water partition coefficient (Wildman–Crippen LogP) is 3.35. The first-order valence-electron chi connectivity index (χ1n) is 5.76. The van der Waals surface area contributed by atoms with Gasteiger partial charge in [-0.2, -0.15) is 12.1 Å². The number of hydrogen-bond acceptors (Lipinski definition) is 2. The summed E-state index contributed by atoms with van der Waals surface area (Å²) >= 11 is 3.35. The van der Waals surface area contributed by atoms with Gasteiger partial charge in [0.15, 0.2) is 5.56 Å². The molecule has 2 aromatic rings. The summed E-state index contributed by atoms with van der Waals surface area (Å²) in [6.45, 7) is -0.663. The largest absolute Gasteiger partial charge is 0.497 e. The van der Waals surface area contributed by atoms with Crippen molar-refractivity contribution in [3.63, 3.8) is 0 Å². The second kappa shape index (κ2) is 8.15. The van der Waals surface area contributed by atoms with Gasteiger partial charge in [0.2, 0.25) is 0 Å². The summed E-state index contributed by atoms with van der Waals surface area (Å²) in [4.78, 5) is 11.8. The molecule has 1 radical (unpaired) electrons. The van der Waals surface area contributed by atoms with Crippen LogP contribution < -0.4 is 10.3 Å². The van der Waals surface area contributed by atoms with Crippen molar-refractivity contribution in [3.05, 3.63) is 51.2 Å². The number of pyridine rings is 1. The van der Waals surface area contributed by atoms with Gasteiger partial charge in [0.25, 0.3) is 6.43 Å². The van der Waals surface area contributed by atoms with E-state index in [0.29, 0.717) is 21.5 Å². The van der Waals surface area contributed by atoms with Crippen LogP contribution in [0, 0.1) is 6.07 Å². The van der Waals surface area contributed by atoms with Crippen LogP contribution in [-0.4, -0.2) is 18.1 Å². The molecule has 0 saturated heterocycles. The molecule has 0 aliphatic rings. The maximum Gasteiger partial charge on any atom is 0.256 e. The molecule has 21 heavy (non-hydrogen) atoms. The normalized spacial score (nSPS) is 10.3. The fraction of sp³-hybridized carbons (Fsp3) is 0.214. The average Bonchev–Trinajstić information content (AvgIpc) is 2.41. The number of rotatable bonds is 4. The second-order valence-electron chi connectivity index (χ2n) is 4.01. The Hall–Kier alpha value is -0.586. The van der Waals surface area contributed by atoms with Gasteiger partial charge in [-0.3, -0.25) is 4.79 Å². The SMILES string of the molecule is COc1ccc(-c2[c-]ccc(=O)n2CC(F)F)c(Br)c1.[Y]. The summed E-state index contributed by atoms with van der Waals surface area (Å²) in [7, 11) is 1.53. The van der Waals surface area contributed by atoms with E-state index >= 15 is 0 Å². The number of ether oxygens (including phenoxy) is 1. The summed E-state index contributed by atoms with van der Waals surface area (Å²) in [6.07, 6.45) is -2.61. The van der Waals surface area contributed by atoms with Crippen molar-refractivity contribution < 1.29 is 46.2 Å². The van der Waals surface area contributed by atoms with Crippen LogP contribution in [0.5, 0.6) is 5.75 Å². The summed E-state index contributed by atoms with van der Waals surface area (Å²) in [6, 6.07) is 10.6. The van der Waals surface area contributed by atoms with E-state index in [2.05, 4.69) is 22.0 Å². The van der Waals surface area contributed by atoms with E-state index in [9.17, 15) is 13.6 Å². The third kappa shape index (κ3) is 4.44. The Balaban J connectivity index is 0.00000220. The van der Waals surface area contributed by atoms with Crippen LogP contribution in [0.1, 0.15) is 0 Å². The van der Waals surface area contributed by atoms with Gasteiger partial charge in [0, 0.05) is 32.7 Å². The van der Waals surface area contributed by atoms with Crippen molar-refractivity contribution in [2.24, 2.45) is 0 Å². The zero-order valence-corrected chi connectivity index (χ0v) is 15.6. The number of methoxy groups -OCH3 is 1. The quantitative estimate of drug-likeness (QED) is 0.695. The minimum Gasteiger partial charge on any atom is -0.497 e. The molecule has 1 aromatic carbocycles. The monoisotopic (exact) mass is 431 g/mol. The minimum absolute atomic E-state index is 0. The van der Waals surface area contributed by atoms with E-state index in [-0.39, 0.29) is 32.7 Å². The van der Waals surface area contributed by atoms with Crippen LogP contribution in [-0.2, 0) is 39.3 Å². The van der Waals surface area contributed by atoms with Gasteiger partial charge in [-0.15, -0.1) is 6.07 Å². The molecule has 0 aliphatic heterocycles. The van der Waals surface area contributed by atoms with Crippen molar-refractivity contribution in [3.8, 4) is 17.0 Å². The Kier molecular flexibility index (Phi) is 7.17. The minimum atomic E-state index is -2.61. The van der Waals surface area contributed by atoms with Gasteiger partial charge in [0.1, 0.15) is 5.75 Å². The molecule has 7 heteroatoms. The first-order valence-corrected chi connectivity index (χ1v) is 6.56. The molecular formula is C14H11BrF2NO2Y-. The summed E-state index contributed by atoms with van der Waals surface area (Å²) in [5.41, 5.74) is 0.429. The molecule has 0 saturated carbocycles. The van der Waals surface area contributed by atoms with E-state index in [1.165, 1.54) is 19.2 Å². The van der Waals surface area contributed by atoms with Crippen molar-refractivity contribution >= 4 is 15.9 Å². The van der Waals surface area contributed by atoms with Crippen molar-refractivity contribution in [2.45, 2.75) is 13.0 Å². The molecule has 0 spiro atoms. The number of benzene rings is 1. The smallest absolute Gasteiger partial charge is 0.256 e. The van der Waals surface area contributed by atoms with Crippen LogP contribution >= 0.6 is 15.9 Å². The van der Waals surface area contributed by atoms with Crippen LogP contribution in [0.2, 0.25) is 0 Å². The summed E-state index contributed by atoms with van der Waals surface area (Å²) in [5.74, 6) is 0.624. The number of nitrogens with zero attached hydrogens (tertiary/aromatic N) is 1.